The molecule has 2 nitrogen and oxygen atoms in total. The second-order valence-electron chi connectivity index (χ2n) is 8.08. The van der Waals surface area contributed by atoms with Crippen molar-refractivity contribution in [3.63, 3.8) is 0 Å². The van der Waals surface area contributed by atoms with Crippen LogP contribution in [0.3, 0.4) is 0 Å². The summed E-state index contributed by atoms with van der Waals surface area (Å²) in [6.07, 6.45) is 2.49. The highest BCUT2D eigenvalue weighted by Crippen LogP contribution is 2.47. The molecule has 0 saturated carbocycles. The lowest BCUT2D eigenvalue weighted by atomic mass is 10.0. The van der Waals surface area contributed by atoms with Gasteiger partial charge in [-0.3, -0.25) is 10.0 Å². The summed E-state index contributed by atoms with van der Waals surface area (Å²) in [5.74, 6) is 0. The smallest absolute Gasteiger partial charge is 0.122 e. The Morgan fingerprint density at radius 2 is 1.21 bits per heavy atom. The Balaban J connectivity index is 2.03. The minimum atomic E-state index is -2.06. The molecule has 0 spiro atoms. The maximum atomic E-state index is 2.51. The zero-order chi connectivity index (χ0) is 19.8. The minimum absolute atomic E-state index is 0.212. The molecular formula is C25H28N2Si. The van der Waals surface area contributed by atoms with Gasteiger partial charge in [-0.1, -0.05) is 97.1 Å². The molecule has 0 aromatic heterocycles. The Labute approximate surface area is 169 Å². The van der Waals surface area contributed by atoms with E-state index in [9.17, 15) is 0 Å². The van der Waals surface area contributed by atoms with Crippen molar-refractivity contribution in [3.8, 4) is 0 Å². The predicted molar refractivity (Wildman–Crippen MR) is 122 cm³/mol. The van der Waals surface area contributed by atoms with Gasteiger partial charge < -0.3 is 0 Å². The van der Waals surface area contributed by atoms with Gasteiger partial charge in [-0.05, 0) is 30.7 Å². The number of nitrogens with zero attached hydrogens (tertiary/aromatic N) is 2. The number of anilines is 1. The number of benzene rings is 3. The Morgan fingerprint density at radius 1 is 0.714 bits per heavy atom. The number of allylic oxidation sites excluding steroid dienone is 1. The van der Waals surface area contributed by atoms with Crippen LogP contribution in [0.2, 0.25) is 13.1 Å². The van der Waals surface area contributed by atoms with Gasteiger partial charge in [0.2, 0.25) is 0 Å². The third-order valence-electron chi connectivity index (χ3n) is 6.23. The van der Waals surface area contributed by atoms with E-state index in [4.69, 9.17) is 0 Å². The monoisotopic (exact) mass is 384 g/mol. The summed E-state index contributed by atoms with van der Waals surface area (Å²) in [6.45, 7) is 7.21. The van der Waals surface area contributed by atoms with Crippen molar-refractivity contribution >= 4 is 18.9 Å². The van der Waals surface area contributed by atoms with Gasteiger partial charge in [0.25, 0.3) is 0 Å². The van der Waals surface area contributed by atoms with E-state index in [1.54, 1.807) is 0 Å². The van der Waals surface area contributed by atoms with Crippen LogP contribution in [0.25, 0.3) is 0 Å². The van der Waals surface area contributed by atoms with Crippen LogP contribution in [0.4, 0.5) is 5.69 Å². The Morgan fingerprint density at radius 3 is 1.79 bits per heavy atom. The van der Waals surface area contributed by atoms with E-state index >= 15 is 0 Å². The average molecular weight is 385 g/mol. The minimum Gasteiger partial charge on any atom is -0.292 e. The summed E-state index contributed by atoms with van der Waals surface area (Å²) in [5.41, 5.74) is 3.85. The SMILES string of the molecule is CC1=CC(c2ccccc2)([Si](C)(C)c2ccccc2)N(c2ccccc2)N1C. The Hall–Kier alpha value is -2.78. The summed E-state index contributed by atoms with van der Waals surface area (Å²) in [7, 11) is 0.121. The third kappa shape index (κ3) is 2.69. The topological polar surface area (TPSA) is 6.48 Å². The number of hydrogen-bond acceptors (Lipinski definition) is 2. The van der Waals surface area contributed by atoms with Gasteiger partial charge in [0.1, 0.15) is 13.2 Å². The van der Waals surface area contributed by atoms with Crippen LogP contribution >= 0.6 is 0 Å². The number of rotatable bonds is 4. The number of hydrogen-bond donors (Lipinski definition) is 0. The molecule has 142 valence electrons. The molecular weight excluding hydrogens is 356 g/mol. The molecule has 0 aliphatic carbocycles. The zero-order valence-electron chi connectivity index (χ0n) is 17.1. The fourth-order valence-corrected chi connectivity index (χ4v) is 8.31. The van der Waals surface area contributed by atoms with Crippen LogP contribution in [0.1, 0.15) is 12.5 Å². The standard InChI is InChI=1S/C25H28N2Si/c1-21-20-25(22-14-8-5-9-15-22,28(3,4)24-18-12-7-13-19-24)27(26(21)2)23-16-10-6-11-17-23/h5-20H,1-4H3. The molecule has 3 aromatic carbocycles. The molecule has 0 fully saturated rings. The van der Waals surface area contributed by atoms with Gasteiger partial charge in [-0.25, -0.2) is 0 Å². The van der Waals surface area contributed by atoms with Crippen molar-refractivity contribution < 1.29 is 0 Å². The van der Waals surface area contributed by atoms with E-state index in [0.29, 0.717) is 0 Å². The quantitative estimate of drug-likeness (QED) is 0.563. The van der Waals surface area contributed by atoms with E-state index < -0.39 is 8.07 Å². The first-order valence-corrected chi connectivity index (χ1v) is 12.9. The maximum Gasteiger partial charge on any atom is 0.122 e. The lowest BCUT2D eigenvalue weighted by Crippen LogP contribution is -2.67. The fraction of sp³-hybridized carbons (Fsp3) is 0.200. The maximum absolute atomic E-state index is 2.51. The molecule has 0 radical (unpaired) electrons. The van der Waals surface area contributed by atoms with Crippen molar-refractivity contribution in [2.75, 3.05) is 12.1 Å². The normalized spacial score (nSPS) is 19.6. The molecule has 4 rings (SSSR count). The van der Waals surface area contributed by atoms with Crippen LogP contribution in [-0.2, 0) is 5.16 Å². The average Bonchev–Trinajstić information content (AvgIpc) is 3.02. The first-order valence-electron chi connectivity index (χ1n) is 9.88. The highest BCUT2D eigenvalue weighted by Gasteiger charge is 2.56. The highest BCUT2D eigenvalue weighted by molar-refractivity contribution is 6.93. The number of para-hydroxylation sites is 1. The lowest BCUT2D eigenvalue weighted by molar-refractivity contribution is 0.372. The molecule has 3 aromatic rings. The lowest BCUT2D eigenvalue weighted by Gasteiger charge is -2.51. The largest absolute Gasteiger partial charge is 0.292 e. The van der Waals surface area contributed by atoms with Gasteiger partial charge in [0, 0.05) is 12.7 Å². The van der Waals surface area contributed by atoms with Crippen LogP contribution in [0.5, 0.6) is 0 Å². The molecule has 3 heteroatoms. The molecule has 28 heavy (non-hydrogen) atoms. The van der Waals surface area contributed by atoms with Crippen LogP contribution < -0.4 is 10.2 Å². The summed E-state index contributed by atoms with van der Waals surface area (Å²) in [6, 6.07) is 32.9. The molecule has 0 saturated heterocycles. The highest BCUT2D eigenvalue weighted by atomic mass is 28.3. The predicted octanol–water partition coefficient (Wildman–Crippen LogP) is 5.31. The Bertz CT molecular complexity index is 967. The van der Waals surface area contributed by atoms with E-state index in [-0.39, 0.29) is 5.16 Å². The molecule has 1 atom stereocenters. The summed E-state index contributed by atoms with van der Waals surface area (Å²) >= 11 is 0. The summed E-state index contributed by atoms with van der Waals surface area (Å²) < 4.78 is 0. The zero-order valence-corrected chi connectivity index (χ0v) is 18.1. The van der Waals surface area contributed by atoms with Gasteiger partial charge >= 0.3 is 0 Å². The summed E-state index contributed by atoms with van der Waals surface area (Å²) in [5, 5.41) is 6.08. The van der Waals surface area contributed by atoms with Gasteiger partial charge in [-0.2, -0.15) is 0 Å². The second kappa shape index (κ2) is 6.99. The van der Waals surface area contributed by atoms with Crippen molar-refractivity contribution in [2.24, 2.45) is 0 Å². The van der Waals surface area contributed by atoms with Crippen LogP contribution in [-0.4, -0.2) is 20.1 Å². The van der Waals surface area contributed by atoms with E-state index in [1.807, 2.05) is 0 Å². The van der Waals surface area contributed by atoms with Crippen molar-refractivity contribution in [1.82, 2.24) is 5.01 Å². The molecule has 0 N–H and O–H groups in total. The fourth-order valence-electron chi connectivity index (χ4n) is 4.58. The molecule has 1 aliphatic heterocycles. The van der Waals surface area contributed by atoms with E-state index in [2.05, 4.69) is 134 Å². The second-order valence-corrected chi connectivity index (χ2v) is 12.7. The van der Waals surface area contributed by atoms with E-state index in [0.717, 1.165) is 0 Å². The number of hydrazine groups is 1. The Kier molecular flexibility index (Phi) is 4.64. The summed E-state index contributed by atoms with van der Waals surface area (Å²) in [4.78, 5) is 0. The molecule has 0 amide bonds. The van der Waals surface area contributed by atoms with Crippen molar-refractivity contribution in [2.45, 2.75) is 25.2 Å². The first-order chi connectivity index (χ1) is 13.5. The van der Waals surface area contributed by atoms with Crippen molar-refractivity contribution in [3.05, 3.63) is 108 Å². The van der Waals surface area contributed by atoms with Crippen LogP contribution in [0.15, 0.2) is 103 Å². The molecule has 1 heterocycles. The first kappa shape index (κ1) is 18.6. The molecule has 1 unspecified atom stereocenters. The van der Waals surface area contributed by atoms with Gasteiger partial charge in [0.05, 0.1) is 5.69 Å². The molecule has 1 aliphatic rings. The molecule has 0 bridgehead atoms. The van der Waals surface area contributed by atoms with Crippen LogP contribution in [0, 0.1) is 0 Å². The van der Waals surface area contributed by atoms with Crippen molar-refractivity contribution in [1.29, 1.82) is 0 Å². The van der Waals surface area contributed by atoms with Gasteiger partial charge in [0.15, 0.2) is 0 Å². The van der Waals surface area contributed by atoms with Gasteiger partial charge in [-0.15, -0.1) is 0 Å². The van der Waals surface area contributed by atoms with E-state index in [1.165, 1.54) is 22.1 Å². The third-order valence-corrected chi connectivity index (χ3v) is 10.6.